The van der Waals surface area contributed by atoms with E-state index in [1.165, 1.54) is 12.3 Å². The maximum absolute atomic E-state index is 14.4. The summed E-state index contributed by atoms with van der Waals surface area (Å²) in [4.78, 5) is 17.1. The van der Waals surface area contributed by atoms with Gasteiger partial charge < -0.3 is 20.1 Å². The highest BCUT2D eigenvalue weighted by molar-refractivity contribution is 8.27. The van der Waals surface area contributed by atoms with E-state index >= 15 is 0 Å². The first-order valence-corrected chi connectivity index (χ1v) is 12.5. The van der Waals surface area contributed by atoms with Crippen molar-refractivity contribution in [1.29, 1.82) is 5.41 Å². The number of anilines is 2. The first-order chi connectivity index (χ1) is 16.5. The number of halogens is 3. The maximum atomic E-state index is 14.4. The molecule has 1 aromatic heterocycles. The van der Waals surface area contributed by atoms with Gasteiger partial charge in [-0.15, -0.1) is 0 Å². The van der Waals surface area contributed by atoms with Crippen LogP contribution in [-0.2, 0) is 13.1 Å². The van der Waals surface area contributed by atoms with E-state index in [1.54, 1.807) is 13.8 Å². The lowest BCUT2D eigenvalue weighted by Gasteiger charge is -2.64. The number of amides is 1. The van der Waals surface area contributed by atoms with Crippen molar-refractivity contribution in [2.24, 2.45) is 0 Å². The van der Waals surface area contributed by atoms with Gasteiger partial charge in [-0.05, 0) is 39.0 Å². The van der Waals surface area contributed by atoms with Crippen LogP contribution in [0.25, 0.3) is 0 Å². The van der Waals surface area contributed by atoms with Crippen molar-refractivity contribution in [3.8, 4) is 5.75 Å². The normalized spacial score (nSPS) is 18.4. The molecule has 0 aliphatic carbocycles. The van der Waals surface area contributed by atoms with Crippen molar-refractivity contribution in [2.75, 3.05) is 23.6 Å². The van der Waals surface area contributed by atoms with Crippen LogP contribution < -0.4 is 15.4 Å². The predicted molar refractivity (Wildman–Crippen MR) is 124 cm³/mol. The molecule has 0 saturated carbocycles. The van der Waals surface area contributed by atoms with Crippen molar-refractivity contribution in [2.45, 2.75) is 39.0 Å². The van der Waals surface area contributed by atoms with Crippen LogP contribution in [0, 0.1) is 11.2 Å². The number of carbonyl (C=O) groups excluding carboxylic acids is 1. The zero-order valence-electron chi connectivity index (χ0n) is 19.2. The minimum atomic E-state index is -3.08. The van der Waals surface area contributed by atoms with Crippen LogP contribution in [0.2, 0.25) is 0 Å². The van der Waals surface area contributed by atoms with Gasteiger partial charge in [-0.2, -0.15) is 19.4 Å². The van der Waals surface area contributed by atoms with E-state index in [0.717, 1.165) is 18.2 Å². The van der Waals surface area contributed by atoms with Crippen molar-refractivity contribution >= 4 is 33.9 Å². The van der Waals surface area contributed by atoms with E-state index in [9.17, 15) is 18.0 Å². The van der Waals surface area contributed by atoms with Crippen LogP contribution in [0.1, 0.15) is 36.7 Å². The smallest absolute Gasteiger partial charge is 0.387 e. The molecule has 2 fully saturated rings. The fraction of sp³-hybridized carbons (Fsp3) is 0.409. The third-order valence-electron chi connectivity index (χ3n) is 5.18. The first kappa shape index (κ1) is 25.1. The van der Waals surface area contributed by atoms with Crippen molar-refractivity contribution in [3.05, 3.63) is 47.4 Å². The third-order valence-corrected chi connectivity index (χ3v) is 8.39. The van der Waals surface area contributed by atoms with Crippen LogP contribution >= 0.6 is 10.6 Å². The second-order valence-electron chi connectivity index (χ2n) is 8.66. The Balaban J connectivity index is 1.58. The zero-order chi connectivity index (χ0) is 25.4. The van der Waals surface area contributed by atoms with E-state index in [4.69, 9.17) is 18.5 Å². The number of hydrogen-bond acceptors (Lipinski definition) is 8. The summed E-state index contributed by atoms with van der Waals surface area (Å²) in [7, 11) is -1.51. The molecule has 190 valence electrons. The molecule has 1 spiro atoms. The molecule has 9 nitrogen and oxygen atoms in total. The van der Waals surface area contributed by atoms with Gasteiger partial charge in [0.1, 0.15) is 17.4 Å². The summed E-state index contributed by atoms with van der Waals surface area (Å²) >= 11 is 0. The first-order valence-electron chi connectivity index (χ1n) is 10.6. The molecule has 0 bridgehead atoms. The molecule has 1 aromatic carbocycles. The van der Waals surface area contributed by atoms with Crippen LogP contribution in [0.4, 0.5) is 24.7 Å². The number of hydrogen-bond donors (Lipinski definition) is 3. The summed E-state index contributed by atoms with van der Waals surface area (Å²) < 4.78 is 60.3. The number of alkyl halides is 2. The average Bonchev–Trinajstić information content (AvgIpc) is 2.72. The molecule has 4 rings (SSSR count). The summed E-state index contributed by atoms with van der Waals surface area (Å²) in [5.41, 5.74) is -0.467. The summed E-state index contributed by atoms with van der Waals surface area (Å²) in [6, 6.07) is 4.46. The maximum Gasteiger partial charge on any atom is 0.387 e. The Kier molecular flexibility index (Phi) is 6.84. The minimum Gasteiger partial charge on any atom is -0.475 e. The van der Waals surface area contributed by atoms with Crippen LogP contribution in [-0.4, -0.2) is 53.3 Å². The molecule has 35 heavy (non-hydrogen) atoms. The Labute approximate surface area is 201 Å². The minimum absolute atomic E-state index is 0.00480. The van der Waals surface area contributed by atoms with Crippen LogP contribution in [0.5, 0.6) is 5.75 Å². The number of rotatable bonds is 8. The van der Waals surface area contributed by atoms with E-state index in [0.29, 0.717) is 11.5 Å². The van der Waals surface area contributed by atoms with Crippen molar-refractivity contribution < 1.29 is 35.8 Å². The molecule has 2 aliphatic heterocycles. The lowest BCUT2D eigenvalue weighted by molar-refractivity contribution is -0.0498. The second-order valence-corrected chi connectivity index (χ2v) is 11.2. The van der Waals surface area contributed by atoms with E-state index in [1.807, 2.05) is 6.92 Å². The second kappa shape index (κ2) is 9.55. The predicted octanol–water partition coefficient (Wildman–Crippen LogP) is 4.46. The van der Waals surface area contributed by atoms with Crippen LogP contribution in [0.3, 0.4) is 0 Å². The Morgan fingerprint density at radius 3 is 2.57 bits per heavy atom. The van der Waals surface area contributed by atoms with Crippen LogP contribution in [0.15, 0.2) is 30.5 Å². The molecule has 2 saturated heterocycles. The van der Waals surface area contributed by atoms with Crippen molar-refractivity contribution in [1.82, 2.24) is 10.3 Å². The monoisotopic (exact) mass is 514 g/mol. The molecular weight excluding hydrogens is 489 g/mol. The topological polar surface area (TPSA) is 115 Å². The standard InChI is InChI=1S/C22H25F3N4O5S/c1-12(2)33-18(26)15-6-13(20(30)29-22(3)9-35(10-22)31-11-32-35)8-27-19(15)28-17-7-14(34-21(24)25)4-5-16(17)23/h4-8,12,21,26H,9-11H2,1-3H3,(H,27,28)(H,29,30). The largest absolute Gasteiger partial charge is 0.475 e. The Hall–Kier alpha value is -3.03. The average molecular weight is 515 g/mol. The lowest BCUT2D eigenvalue weighted by atomic mass is 10.1. The number of benzene rings is 1. The number of nitrogens with one attached hydrogen (secondary N) is 3. The number of nitrogens with zero attached hydrogens (tertiary/aromatic N) is 1. The SMILES string of the molecule is CC(C)OC(=N)c1cc(C(=O)NC2(C)CS3(C2)OCO3)cnc1Nc1cc(OC(F)F)ccc1F. The van der Waals surface area contributed by atoms with Crippen molar-refractivity contribution in [3.63, 3.8) is 0 Å². The molecule has 2 aromatic rings. The fourth-order valence-corrected chi connectivity index (χ4v) is 6.47. The summed E-state index contributed by atoms with van der Waals surface area (Å²) in [5, 5.41) is 13.9. The number of aromatic nitrogens is 1. The molecule has 0 radical (unpaired) electrons. The summed E-state index contributed by atoms with van der Waals surface area (Å²) in [6.07, 6.45) is 0.908. The number of carbonyl (C=O) groups is 1. The van der Waals surface area contributed by atoms with Gasteiger partial charge in [-0.25, -0.2) is 9.37 Å². The van der Waals surface area contributed by atoms with Gasteiger partial charge in [0.2, 0.25) is 5.90 Å². The van der Waals surface area contributed by atoms with Gasteiger partial charge in [-0.1, -0.05) is 0 Å². The number of pyridine rings is 1. The highest BCUT2D eigenvalue weighted by atomic mass is 32.3. The summed E-state index contributed by atoms with van der Waals surface area (Å²) in [6.45, 7) is 2.52. The number of ether oxygens (including phenoxy) is 2. The van der Waals surface area contributed by atoms with Gasteiger partial charge >= 0.3 is 6.61 Å². The van der Waals surface area contributed by atoms with Gasteiger partial charge in [0.25, 0.3) is 5.91 Å². The Morgan fingerprint density at radius 1 is 1.26 bits per heavy atom. The molecular formula is C22H25F3N4O5S. The molecule has 3 N–H and O–H groups in total. The highest BCUT2D eigenvalue weighted by Gasteiger charge is 2.53. The highest BCUT2D eigenvalue weighted by Crippen LogP contribution is 2.67. The van der Waals surface area contributed by atoms with Gasteiger partial charge in [0.05, 0.1) is 40.0 Å². The zero-order valence-corrected chi connectivity index (χ0v) is 20.0. The lowest BCUT2D eigenvalue weighted by Crippen LogP contribution is -2.64. The molecule has 3 heterocycles. The van der Waals surface area contributed by atoms with Gasteiger partial charge in [0.15, 0.2) is 6.79 Å². The molecule has 1 amide bonds. The third kappa shape index (κ3) is 5.63. The summed E-state index contributed by atoms with van der Waals surface area (Å²) in [5.74, 6) is -0.593. The fourth-order valence-electron chi connectivity index (χ4n) is 3.76. The van der Waals surface area contributed by atoms with E-state index < -0.39 is 34.5 Å². The molecule has 13 heteroatoms. The van der Waals surface area contributed by atoms with Gasteiger partial charge in [-0.3, -0.25) is 18.6 Å². The molecule has 0 unspecified atom stereocenters. The Morgan fingerprint density at radius 2 is 1.97 bits per heavy atom. The van der Waals surface area contributed by atoms with E-state index in [-0.39, 0.29) is 47.2 Å². The van der Waals surface area contributed by atoms with Gasteiger partial charge in [0, 0.05) is 12.3 Å². The molecule has 0 atom stereocenters. The Bertz CT molecular complexity index is 1140. The quantitative estimate of drug-likeness (QED) is 0.352. The van der Waals surface area contributed by atoms with E-state index in [2.05, 4.69) is 20.4 Å². The molecule has 2 aliphatic rings.